The first kappa shape index (κ1) is 23.4. The van der Waals surface area contributed by atoms with E-state index in [1.807, 2.05) is 41.5 Å². The minimum Gasteiger partial charge on any atom is -0.460 e. The van der Waals surface area contributed by atoms with Crippen molar-refractivity contribution >= 4 is 28.1 Å². The van der Waals surface area contributed by atoms with Gasteiger partial charge in [0.2, 0.25) is 0 Å². The molecule has 0 spiro atoms. The van der Waals surface area contributed by atoms with E-state index < -0.39 is 38.4 Å². The maximum absolute atomic E-state index is 13.0. The average Bonchev–Trinajstić information content (AvgIpc) is 2.15. The third kappa shape index (κ3) is 7.97. The Hall–Kier alpha value is -0.626. The van der Waals surface area contributed by atoms with Gasteiger partial charge < -0.3 is 9.47 Å². The van der Waals surface area contributed by atoms with Gasteiger partial charge in [0.25, 0.3) is 0 Å². The Labute approximate surface area is 150 Å². The highest BCUT2D eigenvalue weighted by molar-refractivity contribution is 6.87. The molecule has 0 radical (unpaired) electrons. The van der Waals surface area contributed by atoms with Crippen LogP contribution in [-0.2, 0) is 19.1 Å². The molecule has 6 heteroatoms. The first-order chi connectivity index (χ1) is 10.3. The fraction of sp³-hybridized carbons (Fsp3) is 0.889. The van der Waals surface area contributed by atoms with Crippen molar-refractivity contribution in [3.05, 3.63) is 0 Å². The number of esters is 2. The highest BCUT2D eigenvalue weighted by Gasteiger charge is 2.51. The van der Waals surface area contributed by atoms with Crippen molar-refractivity contribution < 1.29 is 19.1 Å². The first-order valence-electron chi connectivity index (χ1n) is 8.71. The standard InChI is InChI=1S/C18H38O4Si2/c1-17(2,3)21-15(19)13(23(7,8)9)14(24(10,11)12)16(20)22-18(4,5)6/h13-14H,1-12H3/t13-,14-/m1/s1. The van der Waals surface area contributed by atoms with Crippen LogP contribution in [0.1, 0.15) is 41.5 Å². The fourth-order valence-corrected chi connectivity index (χ4v) is 9.51. The van der Waals surface area contributed by atoms with Gasteiger partial charge in [0.05, 0.1) is 27.2 Å². The summed E-state index contributed by atoms with van der Waals surface area (Å²) in [4.78, 5) is 26.0. The van der Waals surface area contributed by atoms with Gasteiger partial charge in [-0.2, -0.15) is 0 Å². The smallest absolute Gasteiger partial charge is 0.307 e. The van der Waals surface area contributed by atoms with E-state index in [2.05, 4.69) is 39.3 Å². The van der Waals surface area contributed by atoms with Crippen LogP contribution in [0, 0.1) is 0 Å². The predicted octanol–water partition coefficient (Wildman–Crippen LogP) is 5.09. The van der Waals surface area contributed by atoms with E-state index in [1.54, 1.807) is 0 Å². The second-order valence-corrected chi connectivity index (χ2v) is 21.5. The first-order valence-corrected chi connectivity index (χ1v) is 15.9. The lowest BCUT2D eigenvalue weighted by atomic mass is 10.1. The van der Waals surface area contributed by atoms with Crippen LogP contribution in [0.4, 0.5) is 0 Å². The van der Waals surface area contributed by atoms with Gasteiger partial charge in [-0.1, -0.05) is 39.3 Å². The third-order valence-electron chi connectivity index (χ3n) is 3.52. The number of hydrogen-bond donors (Lipinski definition) is 0. The molecule has 0 saturated carbocycles. The van der Waals surface area contributed by atoms with E-state index in [0.717, 1.165) is 0 Å². The van der Waals surface area contributed by atoms with Crippen LogP contribution in [0.2, 0.25) is 50.4 Å². The molecule has 0 heterocycles. The van der Waals surface area contributed by atoms with Crippen LogP contribution < -0.4 is 0 Å². The normalized spacial score (nSPS) is 16.3. The summed E-state index contributed by atoms with van der Waals surface area (Å²) in [6, 6.07) is 0. The molecule has 0 fully saturated rings. The number of carbonyl (C=O) groups excluding carboxylic acids is 2. The molecule has 0 aliphatic rings. The molecular weight excluding hydrogens is 336 g/mol. The maximum atomic E-state index is 13.0. The molecule has 24 heavy (non-hydrogen) atoms. The van der Waals surface area contributed by atoms with E-state index in [4.69, 9.17) is 9.47 Å². The van der Waals surface area contributed by atoms with E-state index in [9.17, 15) is 9.59 Å². The molecule has 0 aromatic heterocycles. The van der Waals surface area contributed by atoms with Gasteiger partial charge in [-0.05, 0) is 41.5 Å². The number of ether oxygens (including phenoxy) is 2. The number of rotatable bonds is 5. The summed E-state index contributed by atoms with van der Waals surface area (Å²) in [7, 11) is -4.00. The van der Waals surface area contributed by atoms with E-state index >= 15 is 0 Å². The molecule has 0 aromatic carbocycles. The van der Waals surface area contributed by atoms with Crippen LogP contribution in [0.25, 0.3) is 0 Å². The van der Waals surface area contributed by atoms with E-state index in [1.165, 1.54) is 0 Å². The number of carbonyl (C=O) groups is 2. The van der Waals surface area contributed by atoms with Crippen molar-refractivity contribution in [2.45, 2.75) is 103 Å². The highest BCUT2D eigenvalue weighted by atomic mass is 28.3. The minimum atomic E-state index is -2.00. The second-order valence-electron chi connectivity index (χ2n) is 10.8. The quantitative estimate of drug-likeness (QED) is 0.497. The molecule has 142 valence electrons. The zero-order chi connectivity index (χ0) is 19.7. The van der Waals surface area contributed by atoms with Gasteiger partial charge in [-0.3, -0.25) is 9.59 Å². The summed E-state index contributed by atoms with van der Waals surface area (Å²) in [6.07, 6.45) is 0. The largest absolute Gasteiger partial charge is 0.460 e. The summed E-state index contributed by atoms with van der Waals surface area (Å²) < 4.78 is 11.4. The van der Waals surface area contributed by atoms with Gasteiger partial charge in [0, 0.05) is 0 Å². The Morgan fingerprint density at radius 2 is 0.833 bits per heavy atom. The molecule has 2 atom stereocenters. The summed E-state index contributed by atoms with van der Waals surface area (Å²) in [5, 5.41) is 0. The fourth-order valence-electron chi connectivity index (χ4n) is 2.71. The van der Waals surface area contributed by atoms with Crippen molar-refractivity contribution in [3.63, 3.8) is 0 Å². The van der Waals surface area contributed by atoms with E-state index in [0.29, 0.717) is 0 Å². The topological polar surface area (TPSA) is 52.6 Å². The molecule has 0 aliphatic carbocycles. The Bertz CT molecular complexity index is 415. The number of hydrogen-bond acceptors (Lipinski definition) is 4. The summed E-state index contributed by atoms with van der Waals surface area (Å²) in [5.74, 6) is -0.500. The molecule has 0 bridgehead atoms. The third-order valence-corrected chi connectivity index (χ3v) is 8.72. The Kier molecular flexibility index (Phi) is 7.13. The van der Waals surface area contributed by atoms with Gasteiger partial charge in [0.1, 0.15) is 11.2 Å². The summed E-state index contributed by atoms with van der Waals surface area (Å²) in [5.41, 5.74) is -1.91. The summed E-state index contributed by atoms with van der Waals surface area (Å²) >= 11 is 0. The van der Waals surface area contributed by atoms with Gasteiger partial charge in [0.15, 0.2) is 0 Å². The van der Waals surface area contributed by atoms with Crippen LogP contribution >= 0.6 is 0 Å². The average molecular weight is 375 g/mol. The Morgan fingerprint density at radius 1 is 0.625 bits per heavy atom. The van der Waals surface area contributed by atoms with Crippen molar-refractivity contribution in [1.29, 1.82) is 0 Å². The highest BCUT2D eigenvalue weighted by Crippen LogP contribution is 2.44. The van der Waals surface area contributed by atoms with E-state index in [-0.39, 0.29) is 11.9 Å². The SMILES string of the molecule is CC(C)(C)OC(=O)[C@@H]([C@H](C(=O)OC(C)(C)C)[Si](C)(C)C)[Si](C)(C)C. The molecule has 0 aromatic rings. The minimum absolute atomic E-state index is 0.250. The monoisotopic (exact) mass is 374 g/mol. The Balaban J connectivity index is 5.96. The molecule has 0 aliphatic heterocycles. The van der Waals surface area contributed by atoms with Crippen LogP contribution in [0.5, 0.6) is 0 Å². The Morgan fingerprint density at radius 3 is 0.958 bits per heavy atom. The zero-order valence-corrected chi connectivity index (χ0v) is 19.8. The lowest BCUT2D eigenvalue weighted by molar-refractivity contribution is -0.162. The molecule has 0 N–H and O–H groups in total. The molecule has 0 rings (SSSR count). The molecule has 0 saturated heterocycles. The maximum Gasteiger partial charge on any atom is 0.307 e. The van der Waals surface area contributed by atoms with Crippen molar-refractivity contribution in [1.82, 2.24) is 0 Å². The van der Waals surface area contributed by atoms with Gasteiger partial charge >= 0.3 is 11.9 Å². The van der Waals surface area contributed by atoms with Crippen LogP contribution in [0.15, 0.2) is 0 Å². The zero-order valence-electron chi connectivity index (χ0n) is 17.8. The van der Waals surface area contributed by atoms with Crippen molar-refractivity contribution in [2.75, 3.05) is 0 Å². The molecule has 4 nitrogen and oxygen atoms in total. The lowest BCUT2D eigenvalue weighted by Crippen LogP contribution is -2.50. The predicted molar refractivity (Wildman–Crippen MR) is 106 cm³/mol. The van der Waals surface area contributed by atoms with Gasteiger partial charge in [-0.15, -0.1) is 0 Å². The van der Waals surface area contributed by atoms with Gasteiger partial charge in [-0.25, -0.2) is 0 Å². The molecular formula is C18H38O4Si2. The second kappa shape index (κ2) is 7.32. The lowest BCUT2D eigenvalue weighted by Gasteiger charge is -2.40. The molecule has 0 unspecified atom stereocenters. The summed E-state index contributed by atoms with van der Waals surface area (Å²) in [6.45, 7) is 23.9. The van der Waals surface area contributed by atoms with Crippen molar-refractivity contribution in [3.8, 4) is 0 Å². The van der Waals surface area contributed by atoms with Crippen molar-refractivity contribution in [2.24, 2.45) is 0 Å². The van der Waals surface area contributed by atoms with Crippen LogP contribution in [-0.4, -0.2) is 39.3 Å². The van der Waals surface area contributed by atoms with Crippen LogP contribution in [0.3, 0.4) is 0 Å². The molecule has 0 amide bonds.